The van der Waals surface area contributed by atoms with Crippen molar-refractivity contribution in [2.45, 2.75) is 29.2 Å². The average Bonchev–Trinajstić information content (AvgIpc) is 2.87. The van der Waals surface area contributed by atoms with Crippen LogP contribution >= 0.6 is 11.8 Å². The standard InChI is InChI=1S/C25H17F7N2O4S/c26-18-17(25(30,31)32)19(27)21(29)22(20(18)28)34-24(38)23(12-5-2-1-3-6-12)39-14-8-4-7-13(11-14)33-15(35)9-10-16(36)37/h1-8,11,23H,9-10H2,(H,33,35)(H,34,38)(H,36,37). The lowest BCUT2D eigenvalue weighted by Crippen LogP contribution is -2.23. The molecule has 0 aliphatic rings. The van der Waals surface area contributed by atoms with E-state index in [0.717, 1.165) is 11.8 Å². The molecule has 0 fully saturated rings. The van der Waals surface area contributed by atoms with Gasteiger partial charge >= 0.3 is 12.1 Å². The molecule has 3 rings (SSSR count). The van der Waals surface area contributed by atoms with Crippen molar-refractivity contribution in [1.29, 1.82) is 0 Å². The number of hydrogen-bond acceptors (Lipinski definition) is 4. The molecular formula is C25H17F7N2O4S. The number of aliphatic carboxylic acids is 1. The van der Waals surface area contributed by atoms with E-state index in [4.69, 9.17) is 5.11 Å². The van der Waals surface area contributed by atoms with Crippen molar-refractivity contribution in [2.75, 3.05) is 10.6 Å². The maximum Gasteiger partial charge on any atom is 0.422 e. The third-order valence-corrected chi connectivity index (χ3v) is 6.32. The van der Waals surface area contributed by atoms with Crippen LogP contribution in [0, 0.1) is 23.3 Å². The van der Waals surface area contributed by atoms with Crippen LogP contribution in [-0.2, 0) is 20.6 Å². The lowest BCUT2D eigenvalue weighted by molar-refractivity contribution is -0.143. The van der Waals surface area contributed by atoms with Crippen LogP contribution in [0.4, 0.5) is 42.1 Å². The summed E-state index contributed by atoms with van der Waals surface area (Å²) in [5.74, 6) is -13.3. The zero-order valence-corrected chi connectivity index (χ0v) is 20.2. The number of alkyl halides is 3. The SMILES string of the molecule is O=C(O)CCC(=O)Nc1cccc(SC(C(=O)Nc2c(F)c(F)c(C(F)(F)F)c(F)c2F)c2ccccc2)c1. The summed E-state index contributed by atoms with van der Waals surface area (Å²) >= 11 is 0.786. The molecule has 2 amide bonds. The predicted molar refractivity (Wildman–Crippen MR) is 127 cm³/mol. The highest BCUT2D eigenvalue weighted by Crippen LogP contribution is 2.40. The molecule has 3 N–H and O–H groups in total. The lowest BCUT2D eigenvalue weighted by atomic mass is 10.1. The number of nitrogens with one attached hydrogen (secondary N) is 2. The maximum atomic E-state index is 14.4. The van der Waals surface area contributed by atoms with Gasteiger partial charge in [-0.3, -0.25) is 14.4 Å². The van der Waals surface area contributed by atoms with Gasteiger partial charge in [-0.1, -0.05) is 36.4 Å². The van der Waals surface area contributed by atoms with Crippen LogP contribution in [-0.4, -0.2) is 22.9 Å². The van der Waals surface area contributed by atoms with Crippen LogP contribution < -0.4 is 10.6 Å². The molecule has 0 aliphatic carbocycles. The zero-order chi connectivity index (χ0) is 28.9. The van der Waals surface area contributed by atoms with E-state index >= 15 is 0 Å². The number of hydrogen-bond donors (Lipinski definition) is 3. The Bertz CT molecular complexity index is 1370. The summed E-state index contributed by atoms with van der Waals surface area (Å²) in [5.41, 5.74) is -4.02. The Hall–Kier alpha value is -4.07. The third kappa shape index (κ3) is 7.28. The highest BCUT2D eigenvalue weighted by Gasteiger charge is 2.42. The van der Waals surface area contributed by atoms with Gasteiger partial charge in [0.1, 0.15) is 16.5 Å². The van der Waals surface area contributed by atoms with Crippen LogP contribution in [0.5, 0.6) is 0 Å². The normalized spacial score (nSPS) is 12.1. The number of amides is 2. The summed E-state index contributed by atoms with van der Waals surface area (Å²) in [6.45, 7) is 0. The van der Waals surface area contributed by atoms with E-state index in [-0.39, 0.29) is 17.7 Å². The van der Waals surface area contributed by atoms with Gasteiger partial charge in [-0.2, -0.15) is 13.2 Å². The highest BCUT2D eigenvalue weighted by molar-refractivity contribution is 8.00. The molecule has 0 aliphatic heterocycles. The van der Waals surface area contributed by atoms with E-state index in [1.165, 1.54) is 48.5 Å². The fourth-order valence-corrected chi connectivity index (χ4v) is 4.39. The summed E-state index contributed by atoms with van der Waals surface area (Å²) in [6, 6.07) is 13.4. The Morgan fingerprint density at radius 2 is 1.44 bits per heavy atom. The predicted octanol–water partition coefficient (Wildman–Crippen LogP) is 6.54. The Balaban J connectivity index is 1.92. The number of benzene rings is 3. The molecule has 39 heavy (non-hydrogen) atoms. The molecule has 6 nitrogen and oxygen atoms in total. The van der Waals surface area contributed by atoms with Gasteiger partial charge in [0.2, 0.25) is 11.8 Å². The van der Waals surface area contributed by atoms with Gasteiger partial charge < -0.3 is 15.7 Å². The van der Waals surface area contributed by atoms with Crippen molar-refractivity contribution < 1.29 is 50.2 Å². The molecule has 0 saturated heterocycles. The number of carbonyl (C=O) groups excluding carboxylic acids is 2. The molecule has 206 valence electrons. The second kappa shape index (κ2) is 12.2. The van der Waals surface area contributed by atoms with Gasteiger partial charge in [0.25, 0.3) is 0 Å². The van der Waals surface area contributed by atoms with Crippen molar-refractivity contribution in [3.63, 3.8) is 0 Å². The van der Waals surface area contributed by atoms with E-state index in [2.05, 4.69) is 5.32 Å². The first kappa shape index (κ1) is 29.5. The minimum absolute atomic E-state index is 0.228. The molecule has 0 heterocycles. The average molecular weight is 574 g/mol. The van der Waals surface area contributed by atoms with E-state index < -0.39 is 70.2 Å². The molecule has 1 atom stereocenters. The molecule has 14 heteroatoms. The number of carbonyl (C=O) groups is 3. The van der Waals surface area contributed by atoms with E-state index in [1.54, 1.807) is 11.4 Å². The molecule has 3 aromatic carbocycles. The van der Waals surface area contributed by atoms with Gasteiger partial charge in [0.05, 0.1) is 6.42 Å². The molecule has 0 spiro atoms. The Morgan fingerprint density at radius 3 is 2.00 bits per heavy atom. The molecule has 0 saturated carbocycles. The summed E-state index contributed by atoms with van der Waals surface area (Å²) in [6.07, 6.45) is -6.46. The van der Waals surface area contributed by atoms with Crippen LogP contribution in [0.3, 0.4) is 0 Å². The van der Waals surface area contributed by atoms with Crippen LogP contribution in [0.2, 0.25) is 0 Å². The van der Waals surface area contributed by atoms with Crippen molar-refractivity contribution in [1.82, 2.24) is 0 Å². The van der Waals surface area contributed by atoms with Crippen molar-refractivity contribution in [2.24, 2.45) is 0 Å². The minimum atomic E-state index is -5.74. The molecule has 0 radical (unpaired) electrons. The van der Waals surface area contributed by atoms with E-state index in [1.807, 2.05) is 0 Å². The molecule has 1 unspecified atom stereocenters. The molecular weight excluding hydrogens is 557 g/mol. The van der Waals surface area contributed by atoms with Crippen LogP contribution in [0.25, 0.3) is 0 Å². The fourth-order valence-electron chi connectivity index (χ4n) is 3.31. The first-order chi connectivity index (χ1) is 18.3. The number of anilines is 2. The fraction of sp³-hybridized carbons (Fsp3) is 0.160. The smallest absolute Gasteiger partial charge is 0.422 e. The Labute approximate surface area is 220 Å². The largest absolute Gasteiger partial charge is 0.481 e. The van der Waals surface area contributed by atoms with Gasteiger partial charge in [0.15, 0.2) is 23.3 Å². The van der Waals surface area contributed by atoms with Crippen molar-refractivity contribution >= 4 is 40.9 Å². The molecule has 3 aromatic rings. The van der Waals surface area contributed by atoms with E-state index in [9.17, 15) is 45.1 Å². The second-order valence-electron chi connectivity index (χ2n) is 7.87. The number of rotatable bonds is 9. The first-order valence-corrected chi connectivity index (χ1v) is 11.7. The first-order valence-electron chi connectivity index (χ1n) is 10.9. The molecule has 0 aromatic heterocycles. The number of carboxylic acids is 1. The second-order valence-corrected chi connectivity index (χ2v) is 9.05. The topological polar surface area (TPSA) is 95.5 Å². The monoisotopic (exact) mass is 574 g/mol. The van der Waals surface area contributed by atoms with Gasteiger partial charge in [-0.25, -0.2) is 17.6 Å². The summed E-state index contributed by atoms with van der Waals surface area (Å²) in [5, 5.41) is 11.5. The van der Waals surface area contributed by atoms with Crippen molar-refractivity contribution in [3.05, 3.63) is 89.0 Å². The van der Waals surface area contributed by atoms with Crippen molar-refractivity contribution in [3.8, 4) is 0 Å². The van der Waals surface area contributed by atoms with Crippen LogP contribution in [0.15, 0.2) is 59.5 Å². The lowest BCUT2D eigenvalue weighted by Gasteiger charge is -2.19. The van der Waals surface area contributed by atoms with Gasteiger partial charge in [-0.05, 0) is 23.8 Å². The summed E-state index contributed by atoms with van der Waals surface area (Å²) < 4.78 is 95.5. The van der Waals surface area contributed by atoms with E-state index in [0.29, 0.717) is 4.90 Å². The highest BCUT2D eigenvalue weighted by atomic mass is 32.2. The number of carboxylic acid groups (broad SMARTS) is 1. The Morgan fingerprint density at radius 1 is 0.821 bits per heavy atom. The maximum absolute atomic E-state index is 14.4. The summed E-state index contributed by atoms with van der Waals surface area (Å²) in [4.78, 5) is 36.0. The third-order valence-electron chi connectivity index (χ3n) is 5.07. The van der Waals surface area contributed by atoms with Crippen LogP contribution in [0.1, 0.15) is 29.2 Å². The quantitative estimate of drug-likeness (QED) is 0.153. The molecule has 0 bridgehead atoms. The number of halogens is 7. The Kier molecular flexibility index (Phi) is 9.22. The number of thioether (sulfide) groups is 1. The zero-order valence-electron chi connectivity index (χ0n) is 19.4. The minimum Gasteiger partial charge on any atom is -0.481 e. The van der Waals surface area contributed by atoms with Gasteiger partial charge in [-0.15, -0.1) is 11.8 Å². The van der Waals surface area contributed by atoms with Gasteiger partial charge in [0, 0.05) is 17.0 Å². The summed E-state index contributed by atoms with van der Waals surface area (Å²) in [7, 11) is 0.